The van der Waals surface area contributed by atoms with Gasteiger partial charge in [0, 0.05) is 35.6 Å². The highest BCUT2D eigenvalue weighted by Crippen LogP contribution is 2.16. The van der Waals surface area contributed by atoms with Gasteiger partial charge in [-0.1, -0.05) is 29.8 Å². The third-order valence-corrected chi connectivity index (χ3v) is 3.96. The highest BCUT2D eigenvalue weighted by molar-refractivity contribution is 6.31. The van der Waals surface area contributed by atoms with E-state index < -0.39 is 0 Å². The molecule has 0 aliphatic carbocycles. The van der Waals surface area contributed by atoms with Gasteiger partial charge in [0.1, 0.15) is 0 Å². The molecule has 1 N–H and O–H groups in total. The number of aryl methyl sites for hydroxylation is 1. The molecule has 25 heavy (non-hydrogen) atoms. The molecule has 2 aromatic heterocycles. The summed E-state index contributed by atoms with van der Waals surface area (Å²) >= 11 is 6.15. The van der Waals surface area contributed by atoms with Gasteiger partial charge in [0.2, 0.25) is 5.91 Å². The van der Waals surface area contributed by atoms with Crippen molar-refractivity contribution in [1.82, 2.24) is 19.6 Å². The van der Waals surface area contributed by atoms with Crippen LogP contribution in [0.1, 0.15) is 18.1 Å². The minimum atomic E-state index is -0.221. The summed E-state index contributed by atoms with van der Waals surface area (Å²) in [7, 11) is 0. The molecule has 2 heterocycles. The van der Waals surface area contributed by atoms with Gasteiger partial charge in [0.25, 0.3) is 0 Å². The summed E-state index contributed by atoms with van der Waals surface area (Å²) in [5.74, 6) is -0.221. The number of carbonyl (C=O) groups excluding carboxylic acids is 1. The lowest BCUT2D eigenvalue weighted by Gasteiger charge is -2.03. The van der Waals surface area contributed by atoms with Gasteiger partial charge in [-0.15, -0.1) is 0 Å². The molecule has 3 rings (SSSR count). The molecule has 0 unspecified atom stereocenters. The van der Waals surface area contributed by atoms with Crippen molar-refractivity contribution in [2.24, 2.45) is 0 Å². The van der Waals surface area contributed by atoms with E-state index in [4.69, 9.17) is 11.6 Å². The Morgan fingerprint density at radius 1 is 1.20 bits per heavy atom. The summed E-state index contributed by atoms with van der Waals surface area (Å²) in [5, 5.41) is 11.9. The molecule has 0 radical (unpaired) electrons. The normalized spacial score (nSPS) is 11.1. The first-order valence-electron chi connectivity index (χ1n) is 7.91. The predicted molar refractivity (Wildman–Crippen MR) is 98.3 cm³/mol. The van der Waals surface area contributed by atoms with E-state index in [0.717, 1.165) is 17.7 Å². The second-order valence-electron chi connectivity index (χ2n) is 5.47. The number of anilines is 1. The Labute approximate surface area is 150 Å². The van der Waals surface area contributed by atoms with Crippen molar-refractivity contribution in [1.29, 1.82) is 0 Å². The highest BCUT2D eigenvalue weighted by Gasteiger charge is 2.04. The molecule has 3 aromatic rings. The van der Waals surface area contributed by atoms with Crippen molar-refractivity contribution in [3.63, 3.8) is 0 Å². The van der Waals surface area contributed by atoms with Crippen molar-refractivity contribution < 1.29 is 4.79 Å². The number of hydrogen-bond donors (Lipinski definition) is 1. The molecule has 0 saturated carbocycles. The smallest absolute Gasteiger partial charge is 0.248 e. The third-order valence-electron chi connectivity index (χ3n) is 3.60. The van der Waals surface area contributed by atoms with Crippen LogP contribution in [0.4, 0.5) is 5.69 Å². The lowest BCUT2D eigenvalue weighted by atomic mass is 10.2. The van der Waals surface area contributed by atoms with E-state index in [-0.39, 0.29) is 5.91 Å². The first-order valence-corrected chi connectivity index (χ1v) is 8.29. The zero-order chi connectivity index (χ0) is 17.6. The molecule has 0 saturated heterocycles. The number of aromatic nitrogens is 4. The van der Waals surface area contributed by atoms with E-state index in [0.29, 0.717) is 17.3 Å². The first kappa shape index (κ1) is 17.0. The maximum Gasteiger partial charge on any atom is 0.248 e. The van der Waals surface area contributed by atoms with Gasteiger partial charge in [0.05, 0.1) is 24.6 Å². The summed E-state index contributed by atoms with van der Waals surface area (Å²) in [4.78, 5) is 12.0. The zero-order valence-corrected chi connectivity index (χ0v) is 14.5. The molecule has 0 bridgehead atoms. The SMILES string of the molecule is CCn1cc(/C=C/C(=O)Nc2cnn(Cc3ccccc3Cl)c2)cn1. The zero-order valence-electron chi connectivity index (χ0n) is 13.8. The van der Waals surface area contributed by atoms with Gasteiger partial charge in [-0.2, -0.15) is 10.2 Å². The monoisotopic (exact) mass is 355 g/mol. The fraction of sp³-hybridized carbons (Fsp3) is 0.167. The van der Waals surface area contributed by atoms with Crippen molar-refractivity contribution in [3.8, 4) is 0 Å². The molecule has 1 aromatic carbocycles. The van der Waals surface area contributed by atoms with E-state index in [1.807, 2.05) is 37.4 Å². The summed E-state index contributed by atoms with van der Waals surface area (Å²) in [6.45, 7) is 3.35. The molecule has 1 amide bonds. The average Bonchev–Trinajstić information content (AvgIpc) is 3.24. The fourth-order valence-corrected chi connectivity index (χ4v) is 2.51. The van der Waals surface area contributed by atoms with Gasteiger partial charge in [0.15, 0.2) is 0 Å². The summed E-state index contributed by atoms with van der Waals surface area (Å²) in [6.07, 6.45) is 10.2. The van der Waals surface area contributed by atoms with Gasteiger partial charge >= 0.3 is 0 Å². The Morgan fingerprint density at radius 3 is 2.76 bits per heavy atom. The van der Waals surface area contributed by atoms with Crippen LogP contribution in [0.25, 0.3) is 6.08 Å². The molecule has 7 heteroatoms. The van der Waals surface area contributed by atoms with E-state index >= 15 is 0 Å². The minimum absolute atomic E-state index is 0.221. The Hall–Kier alpha value is -2.86. The van der Waals surface area contributed by atoms with Crippen LogP contribution in [-0.2, 0) is 17.9 Å². The molecular formula is C18H18ClN5O. The van der Waals surface area contributed by atoms with Crippen molar-refractivity contribution in [2.75, 3.05) is 5.32 Å². The van der Waals surface area contributed by atoms with Crippen molar-refractivity contribution >= 4 is 29.3 Å². The maximum absolute atomic E-state index is 12.0. The molecule has 0 atom stereocenters. The second kappa shape index (κ2) is 7.81. The molecule has 0 aliphatic heterocycles. The number of carbonyl (C=O) groups is 1. The van der Waals surface area contributed by atoms with Crippen LogP contribution in [0.2, 0.25) is 5.02 Å². The van der Waals surface area contributed by atoms with Gasteiger partial charge in [-0.25, -0.2) is 0 Å². The maximum atomic E-state index is 12.0. The largest absolute Gasteiger partial charge is 0.320 e. The predicted octanol–water partition coefficient (Wildman–Crippen LogP) is 3.45. The quantitative estimate of drug-likeness (QED) is 0.689. The van der Waals surface area contributed by atoms with E-state index in [1.54, 1.807) is 34.0 Å². The van der Waals surface area contributed by atoms with Crippen LogP contribution in [0, 0.1) is 0 Å². The topological polar surface area (TPSA) is 64.7 Å². The van der Waals surface area contributed by atoms with Crippen LogP contribution < -0.4 is 5.32 Å². The fourth-order valence-electron chi connectivity index (χ4n) is 2.31. The van der Waals surface area contributed by atoms with Crippen molar-refractivity contribution in [3.05, 3.63) is 71.3 Å². The van der Waals surface area contributed by atoms with Gasteiger partial charge in [-0.05, 0) is 24.6 Å². The molecule has 0 spiro atoms. The molecule has 0 fully saturated rings. The summed E-state index contributed by atoms with van der Waals surface area (Å²) in [6, 6.07) is 7.60. The lowest BCUT2D eigenvalue weighted by molar-refractivity contribution is -0.111. The van der Waals surface area contributed by atoms with Crippen LogP contribution in [0.3, 0.4) is 0 Å². The van der Waals surface area contributed by atoms with E-state index in [2.05, 4.69) is 15.5 Å². The molecule has 6 nitrogen and oxygen atoms in total. The summed E-state index contributed by atoms with van der Waals surface area (Å²) in [5.41, 5.74) is 2.48. The molecule has 0 aliphatic rings. The number of hydrogen-bond acceptors (Lipinski definition) is 3. The number of amides is 1. The minimum Gasteiger partial charge on any atom is -0.320 e. The highest BCUT2D eigenvalue weighted by atomic mass is 35.5. The standard InChI is InChI=1S/C18H18ClN5O/c1-2-23-11-14(9-20-23)7-8-18(25)22-16-10-21-24(13-16)12-15-5-3-4-6-17(15)19/h3-11,13H,2,12H2,1H3,(H,22,25)/b8-7+. The number of rotatable bonds is 6. The Bertz CT molecular complexity index is 896. The summed E-state index contributed by atoms with van der Waals surface area (Å²) < 4.78 is 3.53. The number of benzene rings is 1. The Kier molecular flexibility index (Phi) is 5.30. The number of nitrogens with zero attached hydrogens (tertiary/aromatic N) is 4. The van der Waals surface area contributed by atoms with Crippen molar-refractivity contribution in [2.45, 2.75) is 20.0 Å². The second-order valence-corrected chi connectivity index (χ2v) is 5.88. The van der Waals surface area contributed by atoms with Crippen LogP contribution >= 0.6 is 11.6 Å². The Balaban J connectivity index is 1.59. The van der Waals surface area contributed by atoms with E-state index in [9.17, 15) is 4.79 Å². The van der Waals surface area contributed by atoms with Gasteiger partial charge in [-0.3, -0.25) is 14.2 Å². The number of halogens is 1. The van der Waals surface area contributed by atoms with Gasteiger partial charge < -0.3 is 5.32 Å². The molecule has 128 valence electrons. The molecular weight excluding hydrogens is 338 g/mol. The third kappa shape index (κ3) is 4.58. The van der Waals surface area contributed by atoms with Crippen LogP contribution in [0.5, 0.6) is 0 Å². The van der Waals surface area contributed by atoms with E-state index in [1.165, 1.54) is 6.08 Å². The van der Waals surface area contributed by atoms with Crippen LogP contribution in [-0.4, -0.2) is 25.5 Å². The number of nitrogens with one attached hydrogen (secondary N) is 1. The lowest BCUT2D eigenvalue weighted by Crippen LogP contribution is -2.07. The Morgan fingerprint density at radius 2 is 2.00 bits per heavy atom. The first-order chi connectivity index (χ1) is 12.1. The van der Waals surface area contributed by atoms with Crippen LogP contribution in [0.15, 0.2) is 55.1 Å². The average molecular weight is 356 g/mol.